The Balaban J connectivity index is 1.90. The largest absolute Gasteiger partial charge is 0.481 e. The third-order valence-electron chi connectivity index (χ3n) is 11.9. The first kappa shape index (κ1) is 59.1. The van der Waals surface area contributed by atoms with Gasteiger partial charge in [0.15, 0.2) is 6.10 Å². The van der Waals surface area contributed by atoms with Gasteiger partial charge >= 0.3 is 33.3 Å². The Bertz CT molecular complexity index is 1920. The Morgan fingerprint density at radius 1 is 0.956 bits per heavy atom. The molecule has 23 heteroatoms. The molecule has 12 atom stereocenters. The average molecular weight is 1010 g/mol. The molecule has 0 saturated carbocycles. The number of cyclic esters (lactones) is 1. The normalized spacial score (nSPS) is 30.7. The molecule has 21 nitrogen and oxygen atoms in total. The van der Waals surface area contributed by atoms with Crippen LogP contribution in [0, 0.1) is 17.8 Å². The molecule has 1 fully saturated rings. The first-order chi connectivity index (χ1) is 32.3. The van der Waals surface area contributed by atoms with Crippen LogP contribution < -0.4 is 11.4 Å². The number of allylic oxidation sites excluding steroid dienone is 2. The predicted octanol–water partition coefficient (Wildman–Crippen LogP) is 5.50. The molecule has 1 aromatic heterocycles. The Morgan fingerprint density at radius 3 is 2.32 bits per heavy atom. The number of nitrogens with zero attached hydrogens (tertiary/aromatic N) is 2. The van der Waals surface area contributed by atoms with Gasteiger partial charge in [0.1, 0.15) is 36.6 Å². The van der Waals surface area contributed by atoms with E-state index in [0.717, 1.165) is 62.1 Å². The van der Waals surface area contributed by atoms with Crippen molar-refractivity contribution in [3.63, 3.8) is 0 Å². The zero-order chi connectivity index (χ0) is 50.3. The summed E-state index contributed by atoms with van der Waals surface area (Å²) in [4.78, 5) is 78.0. The van der Waals surface area contributed by atoms with E-state index in [2.05, 4.69) is 23.1 Å². The van der Waals surface area contributed by atoms with Crippen molar-refractivity contribution in [2.45, 2.75) is 179 Å². The van der Waals surface area contributed by atoms with Gasteiger partial charge in [-0.15, -0.1) is 0 Å². The molecule has 0 aromatic carbocycles. The van der Waals surface area contributed by atoms with Crippen LogP contribution in [-0.2, 0) is 51.1 Å². The van der Waals surface area contributed by atoms with Crippen LogP contribution in [0.1, 0.15) is 143 Å². The van der Waals surface area contributed by atoms with Gasteiger partial charge in [-0.3, -0.25) is 28.0 Å². The SMILES string of the molecule is CCCCC[C@H](O)/C=C/[C@@H]1[C@H](O)[C@H](O)[C@H]2COP(=O)(O)OP(=O)(O)OC[C@@H](COC(=O)CCCCCCCCC(C)CC)OC(=O)CCCC=CC[C@@H](C(=O)C[C@H]1O)[C@H](n1ccc(N)nc1=O)O2. The van der Waals surface area contributed by atoms with Crippen molar-refractivity contribution < 1.29 is 81.3 Å². The van der Waals surface area contributed by atoms with Gasteiger partial charge in [0.25, 0.3) is 0 Å². The summed E-state index contributed by atoms with van der Waals surface area (Å²) in [6.07, 6.45) is 5.02. The topological polar surface area (TPSA) is 323 Å². The number of carbonyl (C=O) groups excluding carboxylic acids is 3. The number of hydrogen-bond donors (Lipinski definition) is 7. The van der Waals surface area contributed by atoms with E-state index in [1.807, 2.05) is 6.92 Å². The van der Waals surface area contributed by atoms with E-state index in [0.29, 0.717) is 25.2 Å². The lowest BCUT2D eigenvalue weighted by molar-refractivity contribution is -0.183. The van der Waals surface area contributed by atoms with Crippen LogP contribution in [-0.4, -0.2) is 114 Å². The van der Waals surface area contributed by atoms with Gasteiger partial charge in [-0.1, -0.05) is 109 Å². The predicted molar refractivity (Wildman–Crippen MR) is 248 cm³/mol. The van der Waals surface area contributed by atoms with Crippen molar-refractivity contribution in [3.05, 3.63) is 47.1 Å². The minimum Gasteiger partial charge on any atom is -0.462 e. The zero-order valence-electron chi connectivity index (χ0n) is 39.5. The number of Topliss-reactive ketones (excluding diaryl/α,β-unsaturated/α-hetero) is 1. The number of ether oxygens (including phenoxy) is 3. The van der Waals surface area contributed by atoms with E-state index in [1.165, 1.54) is 24.6 Å². The molecular formula is C45H75N3O18P2. The summed E-state index contributed by atoms with van der Waals surface area (Å²) >= 11 is 0. The smallest absolute Gasteiger partial charge is 0.462 e. The number of phosphoric acid groups is 2. The minimum atomic E-state index is -5.71. The number of aliphatic hydroxyl groups is 4. The van der Waals surface area contributed by atoms with Crippen LogP contribution in [0.2, 0.25) is 0 Å². The number of nitrogen functional groups attached to an aromatic ring is 1. The van der Waals surface area contributed by atoms with Crippen LogP contribution >= 0.6 is 15.6 Å². The minimum absolute atomic E-state index is 0.0742. The summed E-state index contributed by atoms with van der Waals surface area (Å²) in [6.45, 7) is 3.64. The molecule has 1 aromatic rings. The zero-order valence-corrected chi connectivity index (χ0v) is 41.3. The maximum absolute atomic E-state index is 14.2. The van der Waals surface area contributed by atoms with Gasteiger partial charge in [-0.25, -0.2) is 13.9 Å². The highest BCUT2D eigenvalue weighted by Gasteiger charge is 2.45. The van der Waals surface area contributed by atoms with Gasteiger partial charge in [0, 0.05) is 31.4 Å². The summed E-state index contributed by atoms with van der Waals surface area (Å²) in [5, 5.41) is 45.4. The fourth-order valence-corrected chi connectivity index (χ4v) is 9.80. The van der Waals surface area contributed by atoms with E-state index < -0.39 is 120 Å². The molecule has 0 spiro atoms. The number of aliphatic hydroxyl groups excluding tert-OH is 4. The van der Waals surface area contributed by atoms with Gasteiger partial charge < -0.3 is 50.2 Å². The van der Waals surface area contributed by atoms with Crippen molar-refractivity contribution in [3.8, 4) is 0 Å². The monoisotopic (exact) mass is 1010 g/mol. The molecule has 1 saturated heterocycles. The van der Waals surface area contributed by atoms with Gasteiger partial charge in [-0.05, 0) is 44.1 Å². The van der Waals surface area contributed by atoms with Crippen LogP contribution in [0.25, 0.3) is 0 Å². The van der Waals surface area contributed by atoms with Crippen LogP contribution in [0.3, 0.4) is 0 Å². The average Bonchev–Trinajstić information content (AvgIpc) is 3.27. The Kier molecular flexibility index (Phi) is 26.6. The molecular weight excluding hydrogens is 932 g/mol. The quantitative estimate of drug-likeness (QED) is 0.0389. The van der Waals surface area contributed by atoms with Crippen molar-refractivity contribution in [1.29, 1.82) is 0 Å². The number of carbonyl (C=O) groups is 3. The number of esters is 2. The molecule has 0 radical (unpaired) electrons. The standard InChI is InChI=1S/C45H75N3O18P2/c1-4-6-13-19-32(49)23-24-34-36(50)27-37(51)35-20-15-11-12-17-22-41(53)64-33(28-61-40(52)21-16-10-8-7-9-14-18-31(3)5-2)29-62-67(57,58)66-68(59,60)63-30-38(43(55)42(34)54)65-44(35)48-26-25-39(46)47-45(48)56/h11,15,23-26,31-36,38,42-44,49-50,54-55H,4-10,12-14,16-22,27-30H2,1-3H3,(H,57,58)(H,59,60)(H2,46,47,56)/b15-11?,24-23+/t31?,32-,33+,34-,35-,36+,38+,42-,43+,44+/m0/s1. The molecule has 388 valence electrons. The fourth-order valence-electron chi connectivity index (χ4n) is 7.69. The van der Waals surface area contributed by atoms with E-state index in [-0.39, 0.29) is 37.9 Å². The highest BCUT2D eigenvalue weighted by Crippen LogP contribution is 2.60. The number of fused-ring (bicyclic) bond motifs is 3. The van der Waals surface area contributed by atoms with Crippen LogP contribution in [0.4, 0.5) is 5.82 Å². The third kappa shape index (κ3) is 21.9. The summed E-state index contributed by atoms with van der Waals surface area (Å²) < 4.78 is 58.6. The molecule has 68 heavy (non-hydrogen) atoms. The van der Waals surface area contributed by atoms with Crippen molar-refractivity contribution >= 4 is 39.2 Å². The molecule has 0 aliphatic carbocycles. The van der Waals surface area contributed by atoms with Gasteiger partial charge in [-0.2, -0.15) is 9.29 Å². The summed E-state index contributed by atoms with van der Waals surface area (Å²) in [6, 6.07) is 1.21. The molecule has 3 heterocycles. The molecule has 0 amide bonds. The number of hydrogen-bond acceptors (Lipinski definition) is 18. The molecule has 2 aliphatic heterocycles. The first-order valence-electron chi connectivity index (χ1n) is 23.8. The van der Waals surface area contributed by atoms with Gasteiger partial charge in [0.05, 0.1) is 37.4 Å². The highest BCUT2D eigenvalue weighted by molar-refractivity contribution is 7.61. The lowest BCUT2D eigenvalue weighted by Crippen LogP contribution is -2.51. The molecule has 2 bridgehead atoms. The van der Waals surface area contributed by atoms with E-state index in [9.17, 15) is 58.5 Å². The Morgan fingerprint density at radius 2 is 1.63 bits per heavy atom. The van der Waals surface area contributed by atoms with Crippen LogP contribution in [0.15, 0.2) is 41.4 Å². The number of ketones is 1. The van der Waals surface area contributed by atoms with Crippen molar-refractivity contribution in [2.24, 2.45) is 17.8 Å². The number of aromatic nitrogens is 2. The van der Waals surface area contributed by atoms with Crippen LogP contribution in [0.5, 0.6) is 0 Å². The Hall–Kier alpha value is -3.17. The second-order valence-electron chi connectivity index (χ2n) is 17.6. The lowest BCUT2D eigenvalue weighted by Gasteiger charge is -2.38. The van der Waals surface area contributed by atoms with E-state index in [1.54, 1.807) is 12.2 Å². The first-order valence-corrected chi connectivity index (χ1v) is 26.8. The number of rotatable bonds is 19. The van der Waals surface area contributed by atoms with Crippen molar-refractivity contribution in [1.82, 2.24) is 9.55 Å². The second kappa shape index (κ2) is 30.5. The summed E-state index contributed by atoms with van der Waals surface area (Å²) in [7, 11) is -11.3. The molecule has 2 aliphatic rings. The number of anilines is 1. The molecule has 8 N–H and O–H groups in total. The van der Waals surface area contributed by atoms with Gasteiger partial charge in [0.2, 0.25) is 0 Å². The van der Waals surface area contributed by atoms with E-state index >= 15 is 0 Å². The maximum atomic E-state index is 14.2. The molecule has 3 unspecified atom stereocenters. The number of unbranched alkanes of at least 4 members (excludes halogenated alkanes) is 7. The Labute approximate surface area is 398 Å². The highest BCUT2D eigenvalue weighted by atomic mass is 31.3. The summed E-state index contributed by atoms with van der Waals surface area (Å²) in [5.41, 5.74) is 4.71. The second-order valence-corrected chi connectivity index (χ2v) is 20.7. The number of nitrogens with two attached hydrogens (primary N) is 1. The third-order valence-corrected chi connectivity index (χ3v) is 14.5. The van der Waals surface area contributed by atoms with Crippen molar-refractivity contribution in [2.75, 3.05) is 25.6 Å². The lowest BCUT2D eigenvalue weighted by atomic mass is 9.83. The maximum Gasteiger partial charge on any atom is 0.481 e. The van der Waals surface area contributed by atoms with E-state index in [4.69, 9.17) is 29.0 Å². The fraction of sp³-hybridized carbons (Fsp3) is 0.756. The summed E-state index contributed by atoms with van der Waals surface area (Å²) in [5.74, 6) is -4.43. The number of phosphoric ester groups is 2. The molecule has 3 rings (SSSR count).